The van der Waals surface area contributed by atoms with Gasteiger partial charge in [-0.3, -0.25) is 0 Å². The summed E-state index contributed by atoms with van der Waals surface area (Å²) in [5.41, 5.74) is 1.91. The van der Waals surface area contributed by atoms with E-state index < -0.39 is 5.97 Å². The van der Waals surface area contributed by atoms with Crippen LogP contribution < -0.4 is 5.32 Å². The number of aromatic nitrogens is 2. The second-order valence-electron chi connectivity index (χ2n) is 5.97. The van der Waals surface area contributed by atoms with Gasteiger partial charge in [0.1, 0.15) is 5.56 Å². The number of aromatic carboxylic acids is 1. The van der Waals surface area contributed by atoms with Gasteiger partial charge in [-0.1, -0.05) is 33.6 Å². The Labute approximate surface area is 126 Å². The van der Waals surface area contributed by atoms with E-state index in [-0.39, 0.29) is 0 Å². The maximum Gasteiger partial charge on any atom is 0.339 e. The van der Waals surface area contributed by atoms with Gasteiger partial charge in [0, 0.05) is 6.04 Å². The highest BCUT2D eigenvalue weighted by molar-refractivity contribution is 5.95. The lowest BCUT2D eigenvalue weighted by molar-refractivity contribution is 0.0696. The molecule has 2 unspecified atom stereocenters. The highest BCUT2D eigenvalue weighted by Gasteiger charge is 2.24. The summed E-state index contributed by atoms with van der Waals surface area (Å²) in [4.78, 5) is 11.7. The zero-order chi connectivity index (χ0) is 15.4. The molecule has 1 aliphatic rings. The van der Waals surface area contributed by atoms with Crippen molar-refractivity contribution >= 4 is 11.8 Å². The van der Waals surface area contributed by atoms with E-state index >= 15 is 0 Å². The Morgan fingerprint density at radius 2 is 2.05 bits per heavy atom. The Kier molecular flexibility index (Phi) is 5.15. The van der Waals surface area contributed by atoms with Gasteiger partial charge in [0.25, 0.3) is 0 Å². The lowest BCUT2D eigenvalue weighted by atomic mass is 9.87. The zero-order valence-electron chi connectivity index (χ0n) is 13.1. The fraction of sp³-hybridized carbons (Fsp3) is 0.688. The first kappa shape index (κ1) is 15.7. The van der Waals surface area contributed by atoms with Gasteiger partial charge in [-0.15, -0.1) is 5.10 Å². The summed E-state index contributed by atoms with van der Waals surface area (Å²) in [6, 6.07) is 0.304. The van der Waals surface area contributed by atoms with E-state index in [2.05, 4.69) is 22.4 Å². The standard InChI is InChI=1S/C16H25N3O2/c1-4-12-13(5-2)18-19-15(14(12)16(20)21)17-11-8-6-7-10(3)9-11/h10-11H,4-9H2,1-3H3,(H,17,19)(H,20,21). The quantitative estimate of drug-likeness (QED) is 0.870. The smallest absolute Gasteiger partial charge is 0.339 e. The average molecular weight is 291 g/mol. The van der Waals surface area contributed by atoms with Crippen LogP contribution in [0.4, 0.5) is 5.82 Å². The van der Waals surface area contributed by atoms with Crippen molar-refractivity contribution in [3.63, 3.8) is 0 Å². The minimum Gasteiger partial charge on any atom is -0.478 e. The van der Waals surface area contributed by atoms with Crippen LogP contribution in [0.15, 0.2) is 0 Å². The monoisotopic (exact) mass is 291 g/mol. The van der Waals surface area contributed by atoms with Crippen LogP contribution in [0.2, 0.25) is 0 Å². The van der Waals surface area contributed by atoms with Crippen molar-refractivity contribution in [2.45, 2.75) is 65.3 Å². The number of anilines is 1. The van der Waals surface area contributed by atoms with E-state index in [1.54, 1.807) is 0 Å². The third-order valence-corrected chi connectivity index (χ3v) is 4.34. The van der Waals surface area contributed by atoms with Crippen LogP contribution in [-0.2, 0) is 12.8 Å². The molecule has 1 saturated carbocycles. The Balaban J connectivity index is 2.32. The van der Waals surface area contributed by atoms with Crippen LogP contribution in [-0.4, -0.2) is 27.3 Å². The van der Waals surface area contributed by atoms with Gasteiger partial charge in [0.15, 0.2) is 5.82 Å². The van der Waals surface area contributed by atoms with E-state index in [0.717, 1.165) is 24.1 Å². The third kappa shape index (κ3) is 3.52. The fourth-order valence-electron chi connectivity index (χ4n) is 3.26. The SMILES string of the molecule is CCc1nnc(NC2CCCC(C)C2)c(C(=O)O)c1CC. The number of aryl methyl sites for hydroxylation is 1. The van der Waals surface area contributed by atoms with Crippen molar-refractivity contribution in [1.29, 1.82) is 0 Å². The van der Waals surface area contributed by atoms with E-state index in [1.165, 1.54) is 12.8 Å². The molecule has 1 aromatic heterocycles. The molecule has 1 aromatic rings. The van der Waals surface area contributed by atoms with Crippen molar-refractivity contribution in [3.8, 4) is 0 Å². The summed E-state index contributed by atoms with van der Waals surface area (Å²) in [6.45, 7) is 6.19. The number of nitrogens with zero attached hydrogens (tertiary/aromatic N) is 2. The van der Waals surface area contributed by atoms with Crippen LogP contribution in [0.1, 0.15) is 68.1 Å². The van der Waals surface area contributed by atoms with Gasteiger partial charge in [-0.2, -0.15) is 5.10 Å². The number of carbonyl (C=O) groups is 1. The van der Waals surface area contributed by atoms with Crippen molar-refractivity contribution in [2.24, 2.45) is 5.92 Å². The molecule has 1 fully saturated rings. The maximum atomic E-state index is 11.7. The fourth-order valence-corrected chi connectivity index (χ4v) is 3.26. The molecule has 0 radical (unpaired) electrons. The Morgan fingerprint density at radius 3 is 2.62 bits per heavy atom. The highest BCUT2D eigenvalue weighted by atomic mass is 16.4. The first-order valence-electron chi connectivity index (χ1n) is 7.95. The molecule has 1 aliphatic carbocycles. The lowest BCUT2D eigenvalue weighted by Gasteiger charge is -2.28. The van der Waals surface area contributed by atoms with E-state index in [0.29, 0.717) is 36.2 Å². The van der Waals surface area contributed by atoms with E-state index in [1.807, 2.05) is 13.8 Å². The zero-order valence-corrected chi connectivity index (χ0v) is 13.1. The largest absolute Gasteiger partial charge is 0.478 e. The minimum absolute atomic E-state index is 0.304. The highest BCUT2D eigenvalue weighted by Crippen LogP contribution is 2.28. The predicted octanol–water partition coefficient (Wildman–Crippen LogP) is 3.29. The van der Waals surface area contributed by atoms with Gasteiger partial charge in [-0.25, -0.2) is 4.79 Å². The summed E-state index contributed by atoms with van der Waals surface area (Å²) in [7, 11) is 0. The molecule has 0 aromatic carbocycles. The molecule has 116 valence electrons. The molecule has 2 atom stereocenters. The minimum atomic E-state index is -0.914. The molecule has 2 rings (SSSR count). The molecule has 0 amide bonds. The molecule has 21 heavy (non-hydrogen) atoms. The number of nitrogens with one attached hydrogen (secondary N) is 1. The first-order valence-corrected chi connectivity index (χ1v) is 7.95. The van der Waals surface area contributed by atoms with Crippen LogP contribution in [0.25, 0.3) is 0 Å². The third-order valence-electron chi connectivity index (χ3n) is 4.34. The molecular formula is C16H25N3O2. The van der Waals surface area contributed by atoms with E-state index in [9.17, 15) is 9.90 Å². The number of hydrogen-bond donors (Lipinski definition) is 2. The molecular weight excluding hydrogens is 266 g/mol. The predicted molar refractivity (Wildman–Crippen MR) is 82.8 cm³/mol. The van der Waals surface area contributed by atoms with Crippen LogP contribution >= 0.6 is 0 Å². The van der Waals surface area contributed by atoms with E-state index in [4.69, 9.17) is 0 Å². The van der Waals surface area contributed by atoms with Crippen molar-refractivity contribution in [3.05, 3.63) is 16.8 Å². The van der Waals surface area contributed by atoms with Crippen LogP contribution in [0.5, 0.6) is 0 Å². The second-order valence-corrected chi connectivity index (χ2v) is 5.97. The van der Waals surface area contributed by atoms with Gasteiger partial charge in [0.2, 0.25) is 0 Å². The topological polar surface area (TPSA) is 75.1 Å². The molecule has 0 spiro atoms. The molecule has 0 bridgehead atoms. The van der Waals surface area contributed by atoms with Crippen LogP contribution in [0.3, 0.4) is 0 Å². The Bertz CT molecular complexity index is 516. The van der Waals surface area contributed by atoms with Crippen molar-refractivity contribution < 1.29 is 9.90 Å². The van der Waals surface area contributed by atoms with Gasteiger partial charge >= 0.3 is 5.97 Å². The summed E-state index contributed by atoms with van der Waals surface area (Å²) >= 11 is 0. The molecule has 0 aliphatic heterocycles. The number of carboxylic acid groups (broad SMARTS) is 1. The molecule has 5 nitrogen and oxygen atoms in total. The summed E-state index contributed by atoms with van der Waals surface area (Å²) in [5, 5.41) is 21.3. The molecule has 5 heteroatoms. The van der Waals surface area contributed by atoms with Crippen molar-refractivity contribution in [2.75, 3.05) is 5.32 Å². The molecule has 0 saturated heterocycles. The van der Waals surface area contributed by atoms with Crippen LogP contribution in [0, 0.1) is 5.92 Å². The second kappa shape index (κ2) is 6.87. The average Bonchev–Trinajstić information content (AvgIpc) is 2.46. The Hall–Kier alpha value is -1.65. The number of carboxylic acids is 1. The summed E-state index contributed by atoms with van der Waals surface area (Å²) < 4.78 is 0. The van der Waals surface area contributed by atoms with Gasteiger partial charge in [-0.05, 0) is 37.2 Å². The van der Waals surface area contributed by atoms with Crippen molar-refractivity contribution in [1.82, 2.24) is 10.2 Å². The lowest BCUT2D eigenvalue weighted by Crippen LogP contribution is -2.28. The summed E-state index contributed by atoms with van der Waals surface area (Å²) in [5.74, 6) is 0.205. The normalized spacial score (nSPS) is 22.0. The molecule has 2 N–H and O–H groups in total. The number of rotatable bonds is 5. The first-order chi connectivity index (χ1) is 10.1. The summed E-state index contributed by atoms with van der Waals surface area (Å²) in [6.07, 6.45) is 5.94. The van der Waals surface area contributed by atoms with Gasteiger partial charge in [0.05, 0.1) is 5.69 Å². The Morgan fingerprint density at radius 1 is 1.29 bits per heavy atom. The van der Waals surface area contributed by atoms with Gasteiger partial charge < -0.3 is 10.4 Å². The maximum absolute atomic E-state index is 11.7. The molecule has 1 heterocycles. The number of hydrogen-bond acceptors (Lipinski definition) is 4.